The summed E-state index contributed by atoms with van der Waals surface area (Å²) < 4.78 is 13.0. The van der Waals surface area contributed by atoms with Crippen LogP contribution >= 0.6 is 0 Å². The maximum atomic E-state index is 13.0. The van der Waals surface area contributed by atoms with Crippen LogP contribution in [0.25, 0.3) is 0 Å². The van der Waals surface area contributed by atoms with Crippen molar-refractivity contribution in [2.75, 3.05) is 5.32 Å². The van der Waals surface area contributed by atoms with Crippen LogP contribution in [-0.4, -0.2) is 5.11 Å². The lowest BCUT2D eigenvalue weighted by Crippen LogP contribution is -2.06. The number of benzene rings is 2. The molecule has 0 aliphatic carbocycles. The van der Waals surface area contributed by atoms with Gasteiger partial charge in [0, 0.05) is 11.7 Å². The van der Waals surface area contributed by atoms with E-state index in [0.717, 1.165) is 11.3 Å². The number of halogens is 1. The molecule has 1 unspecified atom stereocenters. The molecule has 3 heteroatoms. The summed E-state index contributed by atoms with van der Waals surface area (Å²) in [5, 5.41) is 12.4. The Bertz CT molecular complexity index is 496. The molecular weight excluding hydrogens is 217 g/mol. The number of nitrogens with one attached hydrogen (secondary N) is 1. The highest BCUT2D eigenvalue weighted by Crippen LogP contribution is 2.21. The molecule has 17 heavy (non-hydrogen) atoms. The summed E-state index contributed by atoms with van der Waals surface area (Å²) in [4.78, 5) is 0. The van der Waals surface area contributed by atoms with E-state index in [1.165, 1.54) is 12.1 Å². The maximum absolute atomic E-state index is 13.0. The first-order valence-corrected chi connectivity index (χ1v) is 5.46. The van der Waals surface area contributed by atoms with Crippen molar-refractivity contribution >= 4 is 5.69 Å². The molecule has 0 spiro atoms. The Morgan fingerprint density at radius 1 is 1.12 bits per heavy atom. The van der Waals surface area contributed by atoms with Crippen molar-refractivity contribution in [1.82, 2.24) is 0 Å². The summed E-state index contributed by atoms with van der Waals surface area (Å²) in [7, 11) is 0. The third-order valence-corrected chi connectivity index (χ3v) is 2.60. The van der Waals surface area contributed by atoms with Crippen LogP contribution in [0.2, 0.25) is 0 Å². The lowest BCUT2D eigenvalue weighted by Gasteiger charge is -2.15. The van der Waals surface area contributed by atoms with E-state index in [1.807, 2.05) is 25.1 Å². The van der Waals surface area contributed by atoms with Crippen molar-refractivity contribution in [3.63, 3.8) is 0 Å². The lowest BCUT2D eigenvalue weighted by molar-refractivity contribution is 0.475. The third kappa shape index (κ3) is 2.97. The number of aromatic hydroxyl groups is 1. The van der Waals surface area contributed by atoms with Crippen LogP contribution in [-0.2, 0) is 0 Å². The number of rotatable bonds is 3. The third-order valence-electron chi connectivity index (χ3n) is 2.60. The molecule has 2 aromatic carbocycles. The van der Waals surface area contributed by atoms with Crippen LogP contribution < -0.4 is 5.32 Å². The minimum atomic E-state index is -0.257. The van der Waals surface area contributed by atoms with Gasteiger partial charge in [0.2, 0.25) is 0 Å². The van der Waals surface area contributed by atoms with Gasteiger partial charge in [-0.1, -0.05) is 18.2 Å². The smallest absolute Gasteiger partial charge is 0.125 e. The Hall–Kier alpha value is -2.03. The lowest BCUT2D eigenvalue weighted by atomic mass is 10.1. The van der Waals surface area contributed by atoms with Gasteiger partial charge in [0.25, 0.3) is 0 Å². The van der Waals surface area contributed by atoms with Crippen molar-refractivity contribution in [3.05, 3.63) is 59.9 Å². The number of hydrogen-bond acceptors (Lipinski definition) is 2. The molecule has 2 rings (SSSR count). The summed E-state index contributed by atoms with van der Waals surface area (Å²) in [6, 6.07) is 13.4. The second kappa shape index (κ2) is 4.87. The first kappa shape index (κ1) is 11.5. The first-order chi connectivity index (χ1) is 8.15. The summed E-state index contributed by atoms with van der Waals surface area (Å²) in [5.74, 6) is -0.0142. The summed E-state index contributed by atoms with van der Waals surface area (Å²) in [6.07, 6.45) is 0. The van der Waals surface area contributed by atoms with Gasteiger partial charge in [-0.15, -0.1) is 0 Å². The summed E-state index contributed by atoms with van der Waals surface area (Å²) in [5.41, 5.74) is 1.78. The zero-order valence-corrected chi connectivity index (χ0v) is 9.52. The molecule has 0 saturated carbocycles. The maximum Gasteiger partial charge on any atom is 0.125 e. The Balaban J connectivity index is 2.11. The van der Waals surface area contributed by atoms with Gasteiger partial charge in [-0.25, -0.2) is 4.39 Å². The predicted molar refractivity (Wildman–Crippen MR) is 66.5 cm³/mol. The van der Waals surface area contributed by atoms with E-state index in [4.69, 9.17) is 0 Å². The molecule has 0 heterocycles. The van der Waals surface area contributed by atoms with Crippen molar-refractivity contribution in [3.8, 4) is 5.75 Å². The van der Waals surface area contributed by atoms with Crippen molar-refractivity contribution in [1.29, 1.82) is 0 Å². The zero-order chi connectivity index (χ0) is 12.3. The van der Waals surface area contributed by atoms with Crippen LogP contribution in [0.4, 0.5) is 10.1 Å². The van der Waals surface area contributed by atoms with Gasteiger partial charge in [0.15, 0.2) is 0 Å². The van der Waals surface area contributed by atoms with E-state index < -0.39 is 0 Å². The van der Waals surface area contributed by atoms with Crippen LogP contribution in [0.5, 0.6) is 5.75 Å². The van der Waals surface area contributed by atoms with E-state index in [1.54, 1.807) is 18.2 Å². The van der Waals surface area contributed by atoms with E-state index in [2.05, 4.69) is 5.32 Å². The fourth-order valence-electron chi connectivity index (χ4n) is 1.67. The molecule has 2 nitrogen and oxygen atoms in total. The highest BCUT2D eigenvalue weighted by Gasteiger charge is 2.05. The van der Waals surface area contributed by atoms with Crippen LogP contribution in [0, 0.1) is 5.82 Å². The standard InChI is InChI=1S/C14H14FNO/c1-10(11-5-7-14(17)8-6-11)16-13-4-2-3-12(15)9-13/h2-10,16-17H,1H3. The quantitative estimate of drug-likeness (QED) is 0.844. The number of phenolic OH excluding ortho intramolecular Hbond substituents is 1. The van der Waals surface area contributed by atoms with E-state index in [0.29, 0.717) is 0 Å². The van der Waals surface area contributed by atoms with Gasteiger partial charge in [-0.2, -0.15) is 0 Å². The van der Waals surface area contributed by atoms with E-state index in [-0.39, 0.29) is 17.6 Å². The Morgan fingerprint density at radius 2 is 1.82 bits per heavy atom. The van der Waals surface area contributed by atoms with Gasteiger partial charge >= 0.3 is 0 Å². The molecule has 0 aliphatic heterocycles. The molecule has 2 N–H and O–H groups in total. The van der Waals surface area contributed by atoms with Crippen LogP contribution in [0.15, 0.2) is 48.5 Å². The molecule has 0 bridgehead atoms. The SMILES string of the molecule is CC(Nc1cccc(F)c1)c1ccc(O)cc1. The van der Waals surface area contributed by atoms with Crippen LogP contribution in [0.3, 0.4) is 0 Å². The van der Waals surface area contributed by atoms with Crippen molar-refractivity contribution in [2.24, 2.45) is 0 Å². The van der Waals surface area contributed by atoms with Gasteiger partial charge in [0.05, 0.1) is 0 Å². The van der Waals surface area contributed by atoms with E-state index in [9.17, 15) is 9.50 Å². The molecule has 0 saturated heterocycles. The van der Waals surface area contributed by atoms with Gasteiger partial charge in [-0.05, 0) is 42.8 Å². The molecule has 2 aromatic rings. The van der Waals surface area contributed by atoms with Gasteiger partial charge < -0.3 is 10.4 Å². The molecule has 1 atom stereocenters. The number of phenols is 1. The first-order valence-electron chi connectivity index (χ1n) is 5.46. The van der Waals surface area contributed by atoms with Crippen molar-refractivity contribution < 1.29 is 9.50 Å². The Morgan fingerprint density at radius 3 is 2.47 bits per heavy atom. The molecule has 0 radical (unpaired) electrons. The number of hydrogen-bond donors (Lipinski definition) is 2. The molecule has 0 aliphatic rings. The van der Waals surface area contributed by atoms with Crippen LogP contribution in [0.1, 0.15) is 18.5 Å². The molecule has 0 aromatic heterocycles. The molecule has 0 amide bonds. The topological polar surface area (TPSA) is 32.3 Å². The Kier molecular flexibility index (Phi) is 3.28. The average Bonchev–Trinajstić information content (AvgIpc) is 2.29. The van der Waals surface area contributed by atoms with Gasteiger partial charge in [0.1, 0.15) is 11.6 Å². The highest BCUT2D eigenvalue weighted by atomic mass is 19.1. The molecule has 88 valence electrons. The normalized spacial score (nSPS) is 12.1. The monoisotopic (exact) mass is 231 g/mol. The highest BCUT2D eigenvalue weighted by molar-refractivity contribution is 5.45. The minimum Gasteiger partial charge on any atom is -0.508 e. The molecular formula is C14H14FNO. The summed E-state index contributed by atoms with van der Waals surface area (Å²) in [6.45, 7) is 1.98. The fraction of sp³-hybridized carbons (Fsp3) is 0.143. The average molecular weight is 231 g/mol. The Labute approximate surface area is 99.7 Å². The summed E-state index contributed by atoms with van der Waals surface area (Å²) >= 11 is 0. The predicted octanol–water partition coefficient (Wildman–Crippen LogP) is 3.70. The minimum absolute atomic E-state index is 0.0531. The number of anilines is 1. The second-order valence-electron chi connectivity index (χ2n) is 3.97. The molecule has 0 fully saturated rings. The van der Waals surface area contributed by atoms with Crippen molar-refractivity contribution in [2.45, 2.75) is 13.0 Å². The zero-order valence-electron chi connectivity index (χ0n) is 9.52. The van der Waals surface area contributed by atoms with Gasteiger partial charge in [-0.3, -0.25) is 0 Å². The second-order valence-corrected chi connectivity index (χ2v) is 3.97. The fourth-order valence-corrected chi connectivity index (χ4v) is 1.67. The van der Waals surface area contributed by atoms with E-state index >= 15 is 0 Å². The largest absolute Gasteiger partial charge is 0.508 e.